The SMILES string of the molecule is CC(c1nc2ccccc2n1C)N1CCCCC1C(=O)O. The van der Waals surface area contributed by atoms with Crippen LogP contribution in [-0.4, -0.2) is 38.1 Å². The number of para-hydroxylation sites is 2. The Morgan fingerprint density at radius 3 is 2.86 bits per heavy atom. The van der Waals surface area contributed by atoms with Gasteiger partial charge in [0.2, 0.25) is 0 Å². The molecule has 3 rings (SSSR count). The van der Waals surface area contributed by atoms with E-state index in [9.17, 15) is 9.90 Å². The van der Waals surface area contributed by atoms with Gasteiger partial charge in [0.25, 0.3) is 0 Å². The summed E-state index contributed by atoms with van der Waals surface area (Å²) in [6, 6.07) is 7.63. The first-order valence-electron chi connectivity index (χ1n) is 7.49. The normalized spacial score (nSPS) is 21.5. The quantitative estimate of drug-likeness (QED) is 0.942. The molecule has 0 saturated carbocycles. The Balaban J connectivity index is 1.97. The number of imidazole rings is 1. The number of hydrogen-bond donors (Lipinski definition) is 1. The molecule has 1 aliphatic heterocycles. The first-order valence-corrected chi connectivity index (χ1v) is 7.49. The minimum atomic E-state index is -0.722. The van der Waals surface area contributed by atoms with Crippen molar-refractivity contribution in [3.8, 4) is 0 Å². The second kappa shape index (κ2) is 5.48. The number of piperidine rings is 1. The Kier molecular flexibility index (Phi) is 3.68. The number of hydrogen-bond acceptors (Lipinski definition) is 3. The zero-order valence-electron chi connectivity index (χ0n) is 12.5. The molecule has 112 valence electrons. The zero-order valence-corrected chi connectivity index (χ0v) is 12.5. The molecule has 1 saturated heterocycles. The third-order valence-electron chi connectivity index (χ3n) is 4.52. The van der Waals surface area contributed by atoms with Gasteiger partial charge in [-0.25, -0.2) is 4.98 Å². The minimum Gasteiger partial charge on any atom is -0.480 e. The Morgan fingerprint density at radius 2 is 2.14 bits per heavy atom. The van der Waals surface area contributed by atoms with Crippen LogP contribution in [0.5, 0.6) is 0 Å². The van der Waals surface area contributed by atoms with Crippen molar-refractivity contribution in [2.45, 2.75) is 38.3 Å². The van der Waals surface area contributed by atoms with Gasteiger partial charge in [-0.3, -0.25) is 9.69 Å². The number of benzene rings is 1. The van der Waals surface area contributed by atoms with E-state index in [-0.39, 0.29) is 6.04 Å². The molecule has 0 amide bonds. The van der Waals surface area contributed by atoms with Crippen LogP contribution in [0.3, 0.4) is 0 Å². The van der Waals surface area contributed by atoms with Gasteiger partial charge in [-0.2, -0.15) is 0 Å². The molecule has 5 nitrogen and oxygen atoms in total. The Morgan fingerprint density at radius 1 is 1.38 bits per heavy atom. The molecule has 5 heteroatoms. The number of aliphatic carboxylic acids is 1. The smallest absolute Gasteiger partial charge is 0.320 e. The number of fused-ring (bicyclic) bond motifs is 1. The number of aryl methyl sites for hydroxylation is 1. The molecule has 2 unspecified atom stereocenters. The van der Waals surface area contributed by atoms with Crippen molar-refractivity contribution in [2.75, 3.05) is 6.54 Å². The lowest BCUT2D eigenvalue weighted by atomic mass is 10.00. The Labute approximate surface area is 124 Å². The molecule has 1 N–H and O–H groups in total. The zero-order chi connectivity index (χ0) is 15.0. The standard InChI is InChI=1S/C16H21N3O2/c1-11(19-10-6-5-9-14(19)16(20)21)15-17-12-7-3-4-8-13(12)18(15)2/h3-4,7-8,11,14H,5-6,9-10H2,1-2H3,(H,20,21). The van der Waals surface area contributed by atoms with Crippen molar-refractivity contribution < 1.29 is 9.90 Å². The predicted octanol–water partition coefficient (Wildman–Crippen LogP) is 2.57. The summed E-state index contributed by atoms with van der Waals surface area (Å²) in [4.78, 5) is 18.3. The predicted molar refractivity (Wildman–Crippen MR) is 81.1 cm³/mol. The molecular formula is C16H21N3O2. The summed E-state index contributed by atoms with van der Waals surface area (Å²) in [6.07, 6.45) is 2.77. The molecule has 0 bridgehead atoms. The molecule has 1 aromatic carbocycles. The molecule has 1 aliphatic rings. The number of likely N-dealkylation sites (tertiary alicyclic amines) is 1. The second-order valence-corrected chi connectivity index (χ2v) is 5.78. The number of carboxylic acid groups (broad SMARTS) is 1. The maximum atomic E-state index is 11.5. The highest BCUT2D eigenvalue weighted by atomic mass is 16.4. The summed E-state index contributed by atoms with van der Waals surface area (Å²) in [7, 11) is 2.00. The average molecular weight is 287 g/mol. The van der Waals surface area contributed by atoms with Crippen LogP contribution >= 0.6 is 0 Å². The van der Waals surface area contributed by atoms with Crippen molar-refractivity contribution in [2.24, 2.45) is 7.05 Å². The summed E-state index contributed by atoms with van der Waals surface area (Å²) in [5.74, 6) is 0.213. The van der Waals surface area contributed by atoms with Gasteiger partial charge in [0.1, 0.15) is 11.9 Å². The number of carboxylic acids is 1. The summed E-state index contributed by atoms with van der Waals surface area (Å²) in [6.45, 7) is 2.88. The average Bonchev–Trinajstić information content (AvgIpc) is 2.84. The lowest BCUT2D eigenvalue weighted by Crippen LogP contribution is -2.46. The van der Waals surface area contributed by atoms with E-state index >= 15 is 0 Å². The van der Waals surface area contributed by atoms with E-state index < -0.39 is 12.0 Å². The maximum Gasteiger partial charge on any atom is 0.320 e. The molecule has 1 aromatic heterocycles. The topological polar surface area (TPSA) is 58.4 Å². The van der Waals surface area contributed by atoms with Gasteiger partial charge >= 0.3 is 5.97 Å². The summed E-state index contributed by atoms with van der Waals surface area (Å²) in [5.41, 5.74) is 2.05. The van der Waals surface area contributed by atoms with E-state index in [1.54, 1.807) is 0 Å². The van der Waals surface area contributed by atoms with Crippen LogP contribution in [0.15, 0.2) is 24.3 Å². The summed E-state index contributed by atoms with van der Waals surface area (Å²) < 4.78 is 2.08. The van der Waals surface area contributed by atoms with Crippen LogP contribution in [0.2, 0.25) is 0 Å². The van der Waals surface area contributed by atoms with Gasteiger partial charge in [-0.1, -0.05) is 18.6 Å². The third kappa shape index (κ3) is 2.42. The summed E-state index contributed by atoms with van der Waals surface area (Å²) in [5, 5.41) is 9.44. The lowest BCUT2D eigenvalue weighted by Gasteiger charge is -2.37. The van der Waals surface area contributed by atoms with Gasteiger partial charge in [0.15, 0.2) is 0 Å². The lowest BCUT2D eigenvalue weighted by molar-refractivity contribution is -0.145. The molecule has 2 heterocycles. The third-order valence-corrected chi connectivity index (χ3v) is 4.52. The van der Waals surface area contributed by atoms with Crippen molar-refractivity contribution in [1.82, 2.24) is 14.5 Å². The molecular weight excluding hydrogens is 266 g/mol. The number of aromatic nitrogens is 2. The van der Waals surface area contributed by atoms with E-state index in [0.717, 1.165) is 42.7 Å². The number of rotatable bonds is 3. The van der Waals surface area contributed by atoms with E-state index in [1.807, 2.05) is 31.3 Å². The van der Waals surface area contributed by atoms with Gasteiger partial charge in [-0.05, 0) is 38.4 Å². The van der Waals surface area contributed by atoms with Gasteiger partial charge in [0.05, 0.1) is 17.1 Å². The van der Waals surface area contributed by atoms with Crippen molar-refractivity contribution in [1.29, 1.82) is 0 Å². The highest BCUT2D eigenvalue weighted by molar-refractivity contribution is 5.76. The molecule has 0 radical (unpaired) electrons. The maximum absolute atomic E-state index is 11.5. The largest absolute Gasteiger partial charge is 0.480 e. The highest BCUT2D eigenvalue weighted by Crippen LogP contribution is 2.29. The van der Waals surface area contributed by atoms with Gasteiger partial charge < -0.3 is 9.67 Å². The van der Waals surface area contributed by atoms with Crippen LogP contribution in [0.4, 0.5) is 0 Å². The fourth-order valence-corrected chi connectivity index (χ4v) is 3.37. The molecule has 0 spiro atoms. The number of carbonyl (C=O) groups is 1. The molecule has 21 heavy (non-hydrogen) atoms. The molecule has 0 aliphatic carbocycles. The fourth-order valence-electron chi connectivity index (χ4n) is 3.37. The van der Waals surface area contributed by atoms with E-state index in [2.05, 4.69) is 16.4 Å². The molecule has 1 fully saturated rings. The minimum absolute atomic E-state index is 0.00352. The van der Waals surface area contributed by atoms with Crippen LogP contribution in [0.25, 0.3) is 11.0 Å². The second-order valence-electron chi connectivity index (χ2n) is 5.78. The van der Waals surface area contributed by atoms with Crippen molar-refractivity contribution in [3.63, 3.8) is 0 Å². The van der Waals surface area contributed by atoms with Crippen LogP contribution in [-0.2, 0) is 11.8 Å². The van der Waals surface area contributed by atoms with Gasteiger partial charge in [0, 0.05) is 7.05 Å². The fraction of sp³-hybridized carbons (Fsp3) is 0.500. The summed E-state index contributed by atoms with van der Waals surface area (Å²) >= 11 is 0. The van der Waals surface area contributed by atoms with Crippen molar-refractivity contribution >= 4 is 17.0 Å². The van der Waals surface area contributed by atoms with Crippen molar-refractivity contribution in [3.05, 3.63) is 30.1 Å². The Bertz CT molecular complexity index is 665. The van der Waals surface area contributed by atoms with E-state index in [0.29, 0.717) is 0 Å². The first kappa shape index (κ1) is 14.1. The monoisotopic (exact) mass is 287 g/mol. The molecule has 2 atom stereocenters. The molecule has 2 aromatic rings. The van der Waals surface area contributed by atoms with E-state index in [4.69, 9.17) is 4.98 Å². The Hall–Kier alpha value is -1.88. The highest BCUT2D eigenvalue weighted by Gasteiger charge is 2.33. The van der Waals surface area contributed by atoms with E-state index in [1.165, 1.54) is 0 Å². The van der Waals surface area contributed by atoms with Crippen LogP contribution in [0, 0.1) is 0 Å². The first-order chi connectivity index (χ1) is 10.1. The van der Waals surface area contributed by atoms with Gasteiger partial charge in [-0.15, -0.1) is 0 Å². The van der Waals surface area contributed by atoms with Crippen LogP contribution in [0.1, 0.15) is 38.1 Å². The number of nitrogens with zero attached hydrogens (tertiary/aromatic N) is 3. The van der Waals surface area contributed by atoms with Crippen LogP contribution < -0.4 is 0 Å².